The quantitative estimate of drug-likeness (QED) is 0.322. The average Bonchev–Trinajstić information content (AvgIpc) is 2.68. The number of rotatable bonds is 7. The third-order valence-corrected chi connectivity index (χ3v) is 4.96. The van der Waals surface area contributed by atoms with E-state index < -0.39 is 4.92 Å². The zero-order valence-electron chi connectivity index (χ0n) is 15.1. The minimum Gasteiger partial charge on any atom is -0.489 e. The molecule has 0 unspecified atom stereocenters. The molecule has 3 aromatic carbocycles. The van der Waals surface area contributed by atoms with Gasteiger partial charge in [-0.1, -0.05) is 33.6 Å². The van der Waals surface area contributed by atoms with Crippen LogP contribution in [0.4, 0.5) is 11.4 Å². The number of benzene rings is 3. The standard InChI is InChI=1S/C21H18BrClN2O3/c1-14-2-6-18(23)11-20(14)24-12-16-10-17(22)5-9-21(16)28-13-15-3-7-19(8-4-15)25(26)27/h2-11,24H,12-13H2,1H3. The molecule has 0 spiro atoms. The number of nitrogens with zero attached hydrogens (tertiary/aromatic N) is 1. The SMILES string of the molecule is Cc1ccc(Cl)cc1NCc1cc(Br)ccc1OCc1ccc([N+](=O)[O-])cc1. The maximum Gasteiger partial charge on any atom is 0.269 e. The van der Waals surface area contributed by atoms with Crippen LogP contribution in [-0.4, -0.2) is 4.92 Å². The summed E-state index contributed by atoms with van der Waals surface area (Å²) in [7, 11) is 0. The smallest absolute Gasteiger partial charge is 0.269 e. The lowest BCUT2D eigenvalue weighted by atomic mass is 10.1. The molecule has 144 valence electrons. The van der Waals surface area contributed by atoms with Crippen LogP contribution in [0, 0.1) is 17.0 Å². The number of halogens is 2. The molecule has 1 N–H and O–H groups in total. The first-order chi connectivity index (χ1) is 13.4. The van der Waals surface area contributed by atoms with Crippen molar-refractivity contribution in [1.82, 2.24) is 0 Å². The van der Waals surface area contributed by atoms with Crippen LogP contribution < -0.4 is 10.1 Å². The summed E-state index contributed by atoms with van der Waals surface area (Å²) < 4.78 is 6.92. The van der Waals surface area contributed by atoms with Crippen LogP contribution >= 0.6 is 27.5 Å². The zero-order valence-corrected chi connectivity index (χ0v) is 17.5. The summed E-state index contributed by atoms with van der Waals surface area (Å²) in [4.78, 5) is 10.3. The van der Waals surface area contributed by atoms with Gasteiger partial charge in [0, 0.05) is 39.4 Å². The van der Waals surface area contributed by atoms with E-state index in [1.807, 2.05) is 43.3 Å². The van der Waals surface area contributed by atoms with Gasteiger partial charge in [0.1, 0.15) is 12.4 Å². The van der Waals surface area contributed by atoms with Gasteiger partial charge in [0.2, 0.25) is 0 Å². The third-order valence-electron chi connectivity index (χ3n) is 4.23. The lowest BCUT2D eigenvalue weighted by molar-refractivity contribution is -0.384. The Balaban J connectivity index is 1.71. The molecule has 0 aromatic heterocycles. The summed E-state index contributed by atoms with van der Waals surface area (Å²) in [6, 6.07) is 17.9. The van der Waals surface area contributed by atoms with Crippen molar-refractivity contribution in [2.45, 2.75) is 20.1 Å². The number of nitrogens with one attached hydrogen (secondary N) is 1. The second kappa shape index (κ2) is 9.08. The van der Waals surface area contributed by atoms with Crippen molar-refractivity contribution in [1.29, 1.82) is 0 Å². The van der Waals surface area contributed by atoms with E-state index in [2.05, 4.69) is 21.2 Å². The van der Waals surface area contributed by atoms with Crippen LogP contribution in [0.5, 0.6) is 5.75 Å². The predicted octanol–water partition coefficient (Wildman–Crippen LogP) is 6.51. The van der Waals surface area contributed by atoms with Gasteiger partial charge in [-0.05, 0) is 60.5 Å². The monoisotopic (exact) mass is 460 g/mol. The molecule has 0 aliphatic carbocycles. The number of hydrogen-bond donors (Lipinski definition) is 1. The highest BCUT2D eigenvalue weighted by Crippen LogP contribution is 2.27. The molecule has 3 aromatic rings. The van der Waals surface area contributed by atoms with E-state index in [1.54, 1.807) is 12.1 Å². The van der Waals surface area contributed by atoms with E-state index in [0.717, 1.165) is 32.6 Å². The predicted molar refractivity (Wildman–Crippen MR) is 115 cm³/mol. The Bertz CT molecular complexity index is 993. The van der Waals surface area contributed by atoms with Crippen molar-refractivity contribution in [3.05, 3.63) is 97.0 Å². The molecule has 0 heterocycles. The number of ether oxygens (including phenoxy) is 1. The largest absolute Gasteiger partial charge is 0.489 e. The molecule has 3 rings (SSSR count). The van der Waals surface area contributed by atoms with Crippen molar-refractivity contribution >= 4 is 38.9 Å². The fourth-order valence-electron chi connectivity index (χ4n) is 2.68. The molecule has 0 saturated carbocycles. The second-order valence-corrected chi connectivity index (χ2v) is 7.63. The number of nitro benzene ring substituents is 1. The molecule has 0 aliphatic heterocycles. The normalized spacial score (nSPS) is 10.5. The maximum atomic E-state index is 10.8. The van der Waals surface area contributed by atoms with Crippen LogP contribution in [0.1, 0.15) is 16.7 Å². The lowest BCUT2D eigenvalue weighted by Crippen LogP contribution is -2.05. The Labute approximate surface area is 176 Å². The fraction of sp³-hybridized carbons (Fsp3) is 0.143. The lowest BCUT2D eigenvalue weighted by Gasteiger charge is -2.15. The van der Waals surface area contributed by atoms with Crippen LogP contribution in [0.2, 0.25) is 5.02 Å². The van der Waals surface area contributed by atoms with E-state index in [0.29, 0.717) is 18.2 Å². The van der Waals surface area contributed by atoms with Gasteiger partial charge in [0.15, 0.2) is 0 Å². The highest BCUT2D eigenvalue weighted by molar-refractivity contribution is 9.10. The topological polar surface area (TPSA) is 64.4 Å². The van der Waals surface area contributed by atoms with Crippen LogP contribution in [0.25, 0.3) is 0 Å². The first-order valence-electron chi connectivity index (χ1n) is 8.57. The number of nitro groups is 1. The van der Waals surface area contributed by atoms with E-state index in [1.165, 1.54) is 12.1 Å². The molecule has 0 fully saturated rings. The number of non-ortho nitro benzene ring substituents is 1. The minimum absolute atomic E-state index is 0.0640. The van der Waals surface area contributed by atoms with E-state index in [9.17, 15) is 10.1 Å². The average molecular weight is 462 g/mol. The molecular formula is C21H18BrClN2O3. The van der Waals surface area contributed by atoms with Gasteiger partial charge in [-0.3, -0.25) is 10.1 Å². The van der Waals surface area contributed by atoms with Gasteiger partial charge in [0.25, 0.3) is 5.69 Å². The summed E-state index contributed by atoms with van der Waals surface area (Å²) in [5.41, 5.74) is 3.98. The molecule has 7 heteroatoms. The number of aryl methyl sites for hydroxylation is 1. The summed E-state index contributed by atoms with van der Waals surface area (Å²) >= 11 is 9.59. The summed E-state index contributed by atoms with van der Waals surface area (Å²) in [5, 5.41) is 14.8. The third kappa shape index (κ3) is 5.24. The van der Waals surface area contributed by atoms with E-state index in [-0.39, 0.29) is 5.69 Å². The first-order valence-corrected chi connectivity index (χ1v) is 9.74. The molecule has 0 atom stereocenters. The van der Waals surface area contributed by atoms with Crippen molar-refractivity contribution in [3.63, 3.8) is 0 Å². The van der Waals surface area contributed by atoms with Gasteiger partial charge < -0.3 is 10.1 Å². The maximum absolute atomic E-state index is 10.8. The first kappa shape index (κ1) is 20.2. The summed E-state index contributed by atoms with van der Waals surface area (Å²) in [6.07, 6.45) is 0. The van der Waals surface area contributed by atoms with Crippen molar-refractivity contribution < 1.29 is 9.66 Å². The van der Waals surface area contributed by atoms with Crippen LogP contribution in [0.15, 0.2) is 65.1 Å². The molecule has 0 bridgehead atoms. The van der Waals surface area contributed by atoms with Crippen molar-refractivity contribution in [3.8, 4) is 5.75 Å². The summed E-state index contributed by atoms with van der Waals surface area (Å²) in [6.45, 7) is 2.91. The van der Waals surface area contributed by atoms with E-state index >= 15 is 0 Å². The molecule has 0 amide bonds. The molecule has 0 aliphatic rings. The molecule has 28 heavy (non-hydrogen) atoms. The Morgan fingerprint density at radius 2 is 1.86 bits per heavy atom. The Morgan fingerprint density at radius 3 is 2.57 bits per heavy atom. The Hall–Kier alpha value is -2.57. The van der Waals surface area contributed by atoms with E-state index in [4.69, 9.17) is 16.3 Å². The Morgan fingerprint density at radius 1 is 1.11 bits per heavy atom. The van der Waals surface area contributed by atoms with Crippen LogP contribution in [0.3, 0.4) is 0 Å². The molecular weight excluding hydrogens is 444 g/mol. The number of hydrogen-bond acceptors (Lipinski definition) is 4. The Kier molecular flexibility index (Phi) is 6.54. The van der Waals surface area contributed by atoms with Crippen LogP contribution in [-0.2, 0) is 13.2 Å². The van der Waals surface area contributed by atoms with Crippen molar-refractivity contribution in [2.24, 2.45) is 0 Å². The summed E-state index contributed by atoms with van der Waals surface area (Å²) in [5.74, 6) is 0.744. The van der Waals surface area contributed by atoms with Crippen molar-refractivity contribution in [2.75, 3.05) is 5.32 Å². The van der Waals surface area contributed by atoms with Gasteiger partial charge in [-0.15, -0.1) is 0 Å². The second-order valence-electron chi connectivity index (χ2n) is 6.28. The zero-order chi connectivity index (χ0) is 20.1. The highest BCUT2D eigenvalue weighted by Gasteiger charge is 2.08. The fourth-order valence-corrected chi connectivity index (χ4v) is 3.26. The van der Waals surface area contributed by atoms with Gasteiger partial charge >= 0.3 is 0 Å². The van der Waals surface area contributed by atoms with Gasteiger partial charge in [0.05, 0.1) is 4.92 Å². The van der Waals surface area contributed by atoms with Gasteiger partial charge in [-0.25, -0.2) is 0 Å². The molecule has 0 radical (unpaired) electrons. The number of anilines is 1. The molecule has 5 nitrogen and oxygen atoms in total. The molecule has 0 saturated heterocycles. The minimum atomic E-state index is -0.416. The highest BCUT2D eigenvalue weighted by atomic mass is 79.9. The van der Waals surface area contributed by atoms with Gasteiger partial charge in [-0.2, -0.15) is 0 Å².